The fraction of sp³-hybridized carbons (Fsp3) is 0.625. The van der Waals surface area contributed by atoms with E-state index in [1.54, 1.807) is 0 Å². The van der Waals surface area contributed by atoms with E-state index in [0.717, 1.165) is 36.0 Å². The maximum atomic E-state index is 6.07. The van der Waals surface area contributed by atoms with E-state index in [-0.39, 0.29) is 0 Å². The SMILES string of the molecule is CN(C)Cc1cc(Cl)ccc1OCCN1CCCCC1. The molecule has 0 spiro atoms. The molecule has 112 valence electrons. The van der Waals surface area contributed by atoms with Gasteiger partial charge in [0.25, 0.3) is 0 Å². The molecule has 0 unspecified atom stereocenters. The maximum Gasteiger partial charge on any atom is 0.123 e. The van der Waals surface area contributed by atoms with Crippen LogP contribution >= 0.6 is 11.6 Å². The number of piperidine rings is 1. The first-order chi connectivity index (χ1) is 9.65. The van der Waals surface area contributed by atoms with Crippen molar-refractivity contribution in [1.82, 2.24) is 9.80 Å². The summed E-state index contributed by atoms with van der Waals surface area (Å²) in [5, 5.41) is 0.769. The summed E-state index contributed by atoms with van der Waals surface area (Å²) in [6.07, 6.45) is 4.03. The minimum Gasteiger partial charge on any atom is -0.492 e. The van der Waals surface area contributed by atoms with Crippen LogP contribution in [0.25, 0.3) is 0 Å². The van der Waals surface area contributed by atoms with Gasteiger partial charge in [0.2, 0.25) is 0 Å². The lowest BCUT2D eigenvalue weighted by Crippen LogP contribution is -2.33. The Labute approximate surface area is 127 Å². The number of likely N-dealkylation sites (tertiary alicyclic amines) is 1. The molecule has 4 heteroatoms. The van der Waals surface area contributed by atoms with E-state index in [4.69, 9.17) is 16.3 Å². The van der Waals surface area contributed by atoms with Gasteiger partial charge < -0.3 is 9.64 Å². The van der Waals surface area contributed by atoms with E-state index >= 15 is 0 Å². The molecule has 3 nitrogen and oxygen atoms in total. The molecule has 0 N–H and O–H groups in total. The van der Waals surface area contributed by atoms with Crippen molar-refractivity contribution in [3.05, 3.63) is 28.8 Å². The molecule has 0 radical (unpaired) electrons. The van der Waals surface area contributed by atoms with E-state index in [9.17, 15) is 0 Å². The van der Waals surface area contributed by atoms with Crippen molar-refractivity contribution in [2.45, 2.75) is 25.8 Å². The lowest BCUT2D eigenvalue weighted by Gasteiger charge is -2.26. The van der Waals surface area contributed by atoms with Gasteiger partial charge >= 0.3 is 0 Å². The topological polar surface area (TPSA) is 15.7 Å². The van der Waals surface area contributed by atoms with Gasteiger partial charge in [-0.15, -0.1) is 0 Å². The van der Waals surface area contributed by atoms with Crippen LogP contribution in [0.4, 0.5) is 0 Å². The fourth-order valence-electron chi connectivity index (χ4n) is 2.62. The second kappa shape index (κ2) is 7.87. The third-order valence-corrected chi connectivity index (χ3v) is 3.86. The first-order valence-electron chi connectivity index (χ1n) is 7.43. The highest BCUT2D eigenvalue weighted by molar-refractivity contribution is 6.30. The van der Waals surface area contributed by atoms with E-state index < -0.39 is 0 Å². The molecule has 0 bridgehead atoms. The molecule has 0 aromatic heterocycles. The van der Waals surface area contributed by atoms with Gasteiger partial charge in [0, 0.05) is 23.7 Å². The molecule has 1 aliphatic heterocycles. The molecule has 1 saturated heterocycles. The van der Waals surface area contributed by atoms with Crippen LogP contribution in [0.2, 0.25) is 5.02 Å². The summed E-state index contributed by atoms with van der Waals surface area (Å²) >= 11 is 6.07. The molecular weight excluding hydrogens is 272 g/mol. The predicted molar refractivity (Wildman–Crippen MR) is 84.6 cm³/mol. The normalized spacial score (nSPS) is 16.6. The third-order valence-electron chi connectivity index (χ3n) is 3.62. The Morgan fingerprint density at radius 3 is 2.65 bits per heavy atom. The molecule has 1 fully saturated rings. The molecule has 0 aliphatic carbocycles. The molecule has 1 aromatic rings. The summed E-state index contributed by atoms with van der Waals surface area (Å²) in [6, 6.07) is 5.88. The molecule has 1 aliphatic rings. The summed E-state index contributed by atoms with van der Waals surface area (Å²) in [5.74, 6) is 0.958. The van der Waals surface area contributed by atoms with Crippen molar-refractivity contribution in [2.75, 3.05) is 40.3 Å². The Hall–Kier alpha value is -0.770. The van der Waals surface area contributed by atoms with Crippen LogP contribution in [0.3, 0.4) is 0 Å². The van der Waals surface area contributed by atoms with Crippen LogP contribution in [-0.4, -0.2) is 50.1 Å². The summed E-state index contributed by atoms with van der Waals surface area (Å²) in [6.45, 7) is 5.05. The summed E-state index contributed by atoms with van der Waals surface area (Å²) in [4.78, 5) is 4.62. The Morgan fingerprint density at radius 1 is 1.20 bits per heavy atom. The number of benzene rings is 1. The monoisotopic (exact) mass is 296 g/mol. The number of rotatable bonds is 6. The summed E-state index contributed by atoms with van der Waals surface area (Å²) in [7, 11) is 4.11. The van der Waals surface area contributed by atoms with E-state index in [1.165, 1.54) is 32.4 Å². The second-order valence-electron chi connectivity index (χ2n) is 5.74. The predicted octanol–water partition coefficient (Wildman–Crippen LogP) is 3.27. The van der Waals surface area contributed by atoms with Crippen molar-refractivity contribution < 1.29 is 4.74 Å². The highest BCUT2D eigenvalue weighted by Gasteiger charge is 2.11. The molecule has 20 heavy (non-hydrogen) atoms. The number of nitrogens with zero attached hydrogens (tertiary/aromatic N) is 2. The lowest BCUT2D eigenvalue weighted by atomic mass is 10.1. The number of ether oxygens (including phenoxy) is 1. The zero-order valence-corrected chi connectivity index (χ0v) is 13.3. The second-order valence-corrected chi connectivity index (χ2v) is 6.18. The average Bonchev–Trinajstić information content (AvgIpc) is 2.42. The van der Waals surface area contributed by atoms with Crippen LogP contribution in [0.15, 0.2) is 18.2 Å². The van der Waals surface area contributed by atoms with Crippen LogP contribution in [-0.2, 0) is 6.54 Å². The first kappa shape index (κ1) is 15.6. The van der Waals surface area contributed by atoms with Crippen molar-refractivity contribution in [2.24, 2.45) is 0 Å². The average molecular weight is 297 g/mol. The van der Waals surface area contributed by atoms with E-state index in [1.807, 2.05) is 18.2 Å². The smallest absolute Gasteiger partial charge is 0.123 e. The van der Waals surface area contributed by atoms with Crippen molar-refractivity contribution in [3.8, 4) is 5.75 Å². The van der Waals surface area contributed by atoms with Gasteiger partial charge in [0.1, 0.15) is 12.4 Å². The maximum absolute atomic E-state index is 6.07. The Balaban J connectivity index is 1.87. The Bertz CT molecular complexity index is 417. The van der Waals surface area contributed by atoms with Gasteiger partial charge in [-0.05, 0) is 58.2 Å². The summed E-state index contributed by atoms with van der Waals surface area (Å²) in [5.41, 5.74) is 1.15. The Kier molecular flexibility index (Phi) is 6.14. The molecule has 0 atom stereocenters. The first-order valence-corrected chi connectivity index (χ1v) is 7.81. The van der Waals surface area contributed by atoms with Gasteiger partial charge in [0.15, 0.2) is 0 Å². The van der Waals surface area contributed by atoms with E-state index in [2.05, 4.69) is 23.9 Å². The molecule has 1 aromatic carbocycles. The van der Waals surface area contributed by atoms with Crippen molar-refractivity contribution >= 4 is 11.6 Å². The van der Waals surface area contributed by atoms with Crippen molar-refractivity contribution in [1.29, 1.82) is 0 Å². The molecular formula is C16H25ClN2O. The quantitative estimate of drug-likeness (QED) is 0.801. The van der Waals surface area contributed by atoms with Gasteiger partial charge in [-0.2, -0.15) is 0 Å². The molecule has 0 saturated carbocycles. The standard InChI is InChI=1S/C16H25ClN2O/c1-18(2)13-14-12-15(17)6-7-16(14)20-11-10-19-8-4-3-5-9-19/h6-7,12H,3-5,8-11,13H2,1-2H3. The molecule has 1 heterocycles. The van der Waals surface area contributed by atoms with Crippen molar-refractivity contribution in [3.63, 3.8) is 0 Å². The molecule has 2 rings (SSSR count). The molecule has 0 amide bonds. The highest BCUT2D eigenvalue weighted by atomic mass is 35.5. The van der Waals surface area contributed by atoms with E-state index in [0.29, 0.717) is 0 Å². The van der Waals surface area contributed by atoms with Gasteiger partial charge in [-0.3, -0.25) is 4.90 Å². The minimum atomic E-state index is 0.752. The number of hydrogen-bond donors (Lipinski definition) is 0. The van der Waals surface area contributed by atoms with Crippen LogP contribution in [0, 0.1) is 0 Å². The highest BCUT2D eigenvalue weighted by Crippen LogP contribution is 2.24. The lowest BCUT2D eigenvalue weighted by molar-refractivity contribution is 0.182. The zero-order valence-electron chi connectivity index (χ0n) is 12.6. The zero-order chi connectivity index (χ0) is 14.4. The van der Waals surface area contributed by atoms with Crippen LogP contribution in [0.5, 0.6) is 5.75 Å². The van der Waals surface area contributed by atoms with Crippen LogP contribution < -0.4 is 4.74 Å². The fourth-order valence-corrected chi connectivity index (χ4v) is 2.82. The largest absolute Gasteiger partial charge is 0.492 e. The van der Waals surface area contributed by atoms with Gasteiger partial charge in [-0.1, -0.05) is 18.0 Å². The Morgan fingerprint density at radius 2 is 1.95 bits per heavy atom. The third kappa shape index (κ3) is 4.97. The van der Waals surface area contributed by atoms with Gasteiger partial charge in [0.05, 0.1) is 0 Å². The number of hydrogen-bond acceptors (Lipinski definition) is 3. The summed E-state index contributed by atoms with van der Waals surface area (Å²) < 4.78 is 5.97. The van der Waals surface area contributed by atoms with Crippen LogP contribution in [0.1, 0.15) is 24.8 Å². The van der Waals surface area contributed by atoms with Gasteiger partial charge in [-0.25, -0.2) is 0 Å². The number of halogens is 1. The minimum absolute atomic E-state index is 0.752.